The number of esters is 1. The predicted octanol–water partition coefficient (Wildman–Crippen LogP) is 3.07. The Hall–Kier alpha value is -1.55. The summed E-state index contributed by atoms with van der Waals surface area (Å²) in [6.45, 7) is 5.82. The number of ketones is 1. The molecule has 1 atom stereocenters. The van der Waals surface area contributed by atoms with Crippen molar-refractivity contribution in [1.82, 2.24) is 0 Å². The van der Waals surface area contributed by atoms with Crippen LogP contribution in [0, 0.1) is 0 Å². The minimum atomic E-state index is -0.703. The summed E-state index contributed by atoms with van der Waals surface area (Å²) in [5, 5.41) is -0.703. The highest BCUT2D eigenvalue weighted by Crippen LogP contribution is 2.21. The Morgan fingerprint density at radius 3 is 2.42 bits per heavy atom. The van der Waals surface area contributed by atoms with Crippen LogP contribution in [0.25, 0.3) is 0 Å². The van der Waals surface area contributed by atoms with Gasteiger partial charge >= 0.3 is 5.97 Å². The summed E-state index contributed by atoms with van der Waals surface area (Å²) in [7, 11) is 0. The van der Waals surface area contributed by atoms with Gasteiger partial charge in [-0.3, -0.25) is 4.79 Å². The number of hydrogen-bond acceptors (Lipinski definition) is 4. The number of halogens is 1. The molecule has 0 aromatic heterocycles. The number of benzene rings is 1. The van der Waals surface area contributed by atoms with E-state index in [1.54, 1.807) is 26.0 Å². The van der Waals surface area contributed by atoms with E-state index >= 15 is 0 Å². The number of ether oxygens (including phenoxy) is 2. The molecule has 0 spiro atoms. The lowest BCUT2D eigenvalue weighted by atomic mass is 10.0. The normalized spacial score (nSPS) is 11.8. The highest BCUT2D eigenvalue weighted by atomic mass is 35.5. The van der Waals surface area contributed by atoms with Crippen LogP contribution in [0.1, 0.15) is 41.5 Å². The molecule has 0 fully saturated rings. The second-order valence-corrected chi connectivity index (χ2v) is 4.50. The van der Waals surface area contributed by atoms with E-state index in [-0.39, 0.29) is 23.5 Å². The second kappa shape index (κ2) is 7.14. The molecule has 0 aliphatic carbocycles. The highest BCUT2D eigenvalue weighted by Gasteiger charge is 2.21. The molecule has 0 amide bonds. The van der Waals surface area contributed by atoms with Gasteiger partial charge in [-0.25, -0.2) is 4.79 Å². The molecule has 1 rings (SSSR count). The summed E-state index contributed by atoms with van der Waals surface area (Å²) in [6.07, 6.45) is 0. The quantitative estimate of drug-likeness (QED) is 0.458. The number of Topliss-reactive ketones (excluding diaryl/α,β-unsaturated/α-hetero) is 1. The van der Waals surface area contributed by atoms with Crippen LogP contribution in [-0.2, 0) is 4.74 Å². The molecule has 0 aliphatic rings. The van der Waals surface area contributed by atoms with Crippen LogP contribution < -0.4 is 4.74 Å². The lowest BCUT2D eigenvalue weighted by Gasteiger charge is -2.11. The molecule has 0 aliphatic heterocycles. The van der Waals surface area contributed by atoms with Gasteiger partial charge in [0.15, 0.2) is 5.78 Å². The Bertz CT molecular complexity index is 469. The highest BCUT2D eigenvalue weighted by molar-refractivity contribution is 6.34. The molecule has 0 heterocycles. The third kappa shape index (κ3) is 3.96. The summed E-state index contributed by atoms with van der Waals surface area (Å²) in [5.74, 6) is -0.346. The van der Waals surface area contributed by atoms with E-state index in [1.165, 1.54) is 6.07 Å². The van der Waals surface area contributed by atoms with Gasteiger partial charge in [0.2, 0.25) is 0 Å². The molecule has 0 bridgehead atoms. The lowest BCUT2D eigenvalue weighted by Crippen LogP contribution is -2.17. The average molecular weight is 285 g/mol. The number of rotatable bonds is 6. The maximum atomic E-state index is 12.0. The van der Waals surface area contributed by atoms with Gasteiger partial charge < -0.3 is 9.47 Å². The van der Waals surface area contributed by atoms with E-state index in [0.29, 0.717) is 12.4 Å². The summed E-state index contributed by atoms with van der Waals surface area (Å²) >= 11 is 5.78. The number of alkyl halides is 1. The van der Waals surface area contributed by atoms with E-state index in [1.807, 2.05) is 6.92 Å². The Labute approximate surface area is 117 Å². The lowest BCUT2D eigenvalue weighted by molar-refractivity contribution is 0.0522. The van der Waals surface area contributed by atoms with E-state index in [2.05, 4.69) is 0 Å². The fourth-order valence-electron chi connectivity index (χ4n) is 1.59. The molecule has 5 heteroatoms. The average Bonchev–Trinajstić information content (AvgIpc) is 2.38. The van der Waals surface area contributed by atoms with Crippen LogP contribution in [-0.4, -0.2) is 30.3 Å². The summed E-state index contributed by atoms with van der Waals surface area (Å²) < 4.78 is 10.3. The molecule has 4 nitrogen and oxygen atoms in total. The smallest absolute Gasteiger partial charge is 0.338 e. The topological polar surface area (TPSA) is 52.6 Å². The first-order valence-corrected chi connectivity index (χ1v) is 6.57. The number of hydrogen-bond donors (Lipinski definition) is 0. The molecule has 19 heavy (non-hydrogen) atoms. The zero-order valence-electron chi connectivity index (χ0n) is 11.2. The fraction of sp³-hybridized carbons (Fsp3) is 0.429. The van der Waals surface area contributed by atoms with Crippen molar-refractivity contribution in [2.24, 2.45) is 0 Å². The van der Waals surface area contributed by atoms with Gasteiger partial charge in [0.1, 0.15) is 5.75 Å². The third-order valence-electron chi connectivity index (χ3n) is 2.42. The Kier molecular flexibility index (Phi) is 5.83. The van der Waals surface area contributed by atoms with Gasteiger partial charge in [-0.15, -0.1) is 11.6 Å². The van der Waals surface area contributed by atoms with Crippen LogP contribution in [0.2, 0.25) is 0 Å². The van der Waals surface area contributed by atoms with Crippen LogP contribution in [0.3, 0.4) is 0 Å². The number of carbonyl (C=O) groups excluding carboxylic acids is 2. The molecule has 1 unspecified atom stereocenters. The molecule has 0 N–H and O–H groups in total. The zero-order chi connectivity index (χ0) is 14.4. The van der Waals surface area contributed by atoms with Crippen molar-refractivity contribution in [2.45, 2.75) is 26.1 Å². The molecule has 0 radical (unpaired) electrons. The molecular weight excluding hydrogens is 268 g/mol. The molecule has 1 aromatic rings. The van der Waals surface area contributed by atoms with E-state index in [0.717, 1.165) is 0 Å². The van der Waals surface area contributed by atoms with Gasteiger partial charge in [0, 0.05) is 5.56 Å². The summed E-state index contributed by atoms with van der Waals surface area (Å²) in [6, 6.07) is 4.69. The maximum Gasteiger partial charge on any atom is 0.338 e. The standard InChI is InChI=1S/C14H17ClO4/c1-4-18-10-6-7-11(13(16)9(3)15)12(8-10)14(17)19-5-2/h6-9H,4-5H2,1-3H3. The number of carbonyl (C=O) groups is 2. The van der Waals surface area contributed by atoms with Crippen LogP contribution >= 0.6 is 11.6 Å². The van der Waals surface area contributed by atoms with Crippen molar-refractivity contribution in [3.05, 3.63) is 29.3 Å². The van der Waals surface area contributed by atoms with Crippen molar-refractivity contribution >= 4 is 23.4 Å². The SMILES string of the molecule is CCOC(=O)c1cc(OCC)ccc1C(=O)C(C)Cl. The molecule has 0 saturated carbocycles. The summed E-state index contributed by atoms with van der Waals surface area (Å²) in [5.41, 5.74) is 0.440. The minimum Gasteiger partial charge on any atom is -0.494 e. The van der Waals surface area contributed by atoms with Crippen molar-refractivity contribution < 1.29 is 19.1 Å². The third-order valence-corrected chi connectivity index (χ3v) is 2.62. The first-order chi connectivity index (χ1) is 9.01. The fourth-order valence-corrected chi connectivity index (χ4v) is 1.70. The van der Waals surface area contributed by atoms with Crippen molar-refractivity contribution in [3.8, 4) is 5.75 Å². The van der Waals surface area contributed by atoms with Crippen LogP contribution in [0.15, 0.2) is 18.2 Å². The molecular formula is C14H17ClO4. The molecule has 104 valence electrons. The van der Waals surface area contributed by atoms with Crippen LogP contribution in [0.4, 0.5) is 0 Å². The summed E-state index contributed by atoms with van der Waals surface area (Å²) in [4.78, 5) is 23.8. The van der Waals surface area contributed by atoms with Gasteiger partial charge in [-0.05, 0) is 39.0 Å². The molecule has 1 aromatic carbocycles. The van der Waals surface area contributed by atoms with Crippen molar-refractivity contribution in [3.63, 3.8) is 0 Å². The van der Waals surface area contributed by atoms with Gasteiger partial charge in [0.25, 0.3) is 0 Å². The molecule has 0 saturated heterocycles. The second-order valence-electron chi connectivity index (χ2n) is 3.84. The zero-order valence-corrected chi connectivity index (χ0v) is 12.0. The Morgan fingerprint density at radius 1 is 1.21 bits per heavy atom. The van der Waals surface area contributed by atoms with E-state index in [9.17, 15) is 9.59 Å². The van der Waals surface area contributed by atoms with Crippen LogP contribution in [0.5, 0.6) is 5.75 Å². The first kappa shape index (κ1) is 15.5. The van der Waals surface area contributed by atoms with Gasteiger partial charge in [-0.2, -0.15) is 0 Å². The van der Waals surface area contributed by atoms with Crippen molar-refractivity contribution in [1.29, 1.82) is 0 Å². The minimum absolute atomic E-state index is 0.185. The maximum absolute atomic E-state index is 12.0. The Morgan fingerprint density at radius 2 is 1.89 bits per heavy atom. The predicted molar refractivity (Wildman–Crippen MR) is 73.2 cm³/mol. The van der Waals surface area contributed by atoms with Gasteiger partial charge in [-0.1, -0.05) is 0 Å². The monoisotopic (exact) mass is 284 g/mol. The van der Waals surface area contributed by atoms with Gasteiger partial charge in [0.05, 0.1) is 24.2 Å². The Balaban J connectivity index is 3.22. The first-order valence-electron chi connectivity index (χ1n) is 6.13. The van der Waals surface area contributed by atoms with Crippen molar-refractivity contribution in [2.75, 3.05) is 13.2 Å². The largest absolute Gasteiger partial charge is 0.494 e. The van der Waals surface area contributed by atoms with E-state index in [4.69, 9.17) is 21.1 Å². The van der Waals surface area contributed by atoms with E-state index < -0.39 is 11.3 Å².